The Morgan fingerprint density at radius 3 is 2.83 bits per heavy atom. The zero-order chi connectivity index (χ0) is 13.1. The molecule has 0 spiro atoms. The van der Waals surface area contributed by atoms with E-state index in [1.165, 1.54) is 0 Å². The number of hydrogen-bond donors (Lipinski definition) is 2. The molecule has 94 valence electrons. The van der Waals surface area contributed by atoms with Crippen LogP contribution in [0.1, 0.15) is 26.5 Å². The van der Waals surface area contributed by atoms with Gasteiger partial charge in [0.05, 0.1) is 23.3 Å². The van der Waals surface area contributed by atoms with Crippen LogP contribution in [0.5, 0.6) is 0 Å². The largest absolute Gasteiger partial charge is 0.478 e. The summed E-state index contributed by atoms with van der Waals surface area (Å²) in [6.45, 7) is 4.59. The average Bonchev–Trinajstić information content (AvgIpc) is 2.73. The SMILES string of the molecule is Cc1ccc(C(=O)O)cc1NCc1scnc1C. The van der Waals surface area contributed by atoms with E-state index < -0.39 is 5.97 Å². The molecule has 18 heavy (non-hydrogen) atoms. The van der Waals surface area contributed by atoms with E-state index in [2.05, 4.69) is 10.3 Å². The van der Waals surface area contributed by atoms with E-state index in [9.17, 15) is 4.79 Å². The van der Waals surface area contributed by atoms with Gasteiger partial charge in [-0.05, 0) is 31.5 Å². The number of carboxylic acids is 1. The molecule has 1 aromatic carbocycles. The molecule has 4 nitrogen and oxygen atoms in total. The van der Waals surface area contributed by atoms with Gasteiger partial charge in [0.15, 0.2) is 0 Å². The Bertz CT molecular complexity index is 578. The molecular formula is C13H14N2O2S. The minimum Gasteiger partial charge on any atom is -0.478 e. The van der Waals surface area contributed by atoms with E-state index in [4.69, 9.17) is 5.11 Å². The molecule has 0 aliphatic rings. The number of benzene rings is 1. The Morgan fingerprint density at radius 1 is 1.44 bits per heavy atom. The number of anilines is 1. The molecule has 5 heteroatoms. The molecule has 1 aromatic heterocycles. The van der Waals surface area contributed by atoms with Gasteiger partial charge in [-0.3, -0.25) is 0 Å². The van der Waals surface area contributed by atoms with Crippen LogP contribution in [0.3, 0.4) is 0 Å². The van der Waals surface area contributed by atoms with Gasteiger partial charge in [0, 0.05) is 10.6 Å². The van der Waals surface area contributed by atoms with Crippen LogP contribution in [0.15, 0.2) is 23.7 Å². The van der Waals surface area contributed by atoms with Crippen LogP contribution in [0.4, 0.5) is 5.69 Å². The third-order valence-electron chi connectivity index (χ3n) is 2.77. The first-order valence-corrected chi connectivity index (χ1v) is 6.42. The monoisotopic (exact) mass is 262 g/mol. The molecule has 0 saturated carbocycles. The maximum Gasteiger partial charge on any atom is 0.335 e. The maximum atomic E-state index is 10.9. The normalized spacial score (nSPS) is 10.3. The van der Waals surface area contributed by atoms with E-state index in [0.29, 0.717) is 12.1 Å². The van der Waals surface area contributed by atoms with Crippen molar-refractivity contribution in [2.75, 3.05) is 5.32 Å². The molecule has 2 aromatic rings. The van der Waals surface area contributed by atoms with E-state index in [1.807, 2.05) is 25.4 Å². The smallest absolute Gasteiger partial charge is 0.335 e. The quantitative estimate of drug-likeness (QED) is 0.889. The lowest BCUT2D eigenvalue weighted by molar-refractivity contribution is 0.0697. The summed E-state index contributed by atoms with van der Waals surface area (Å²) in [6, 6.07) is 5.08. The molecule has 0 radical (unpaired) electrons. The van der Waals surface area contributed by atoms with Gasteiger partial charge < -0.3 is 10.4 Å². The summed E-state index contributed by atoms with van der Waals surface area (Å²) in [5.74, 6) is -0.910. The maximum absolute atomic E-state index is 10.9. The fraction of sp³-hybridized carbons (Fsp3) is 0.231. The summed E-state index contributed by atoms with van der Waals surface area (Å²) >= 11 is 1.60. The predicted octanol–water partition coefficient (Wildman–Crippen LogP) is 3.07. The Balaban J connectivity index is 2.16. The fourth-order valence-electron chi connectivity index (χ4n) is 1.62. The number of aryl methyl sites for hydroxylation is 2. The molecule has 0 amide bonds. The van der Waals surface area contributed by atoms with Crippen LogP contribution in [0.2, 0.25) is 0 Å². The number of aromatic carboxylic acids is 1. The van der Waals surface area contributed by atoms with Crippen molar-refractivity contribution in [3.8, 4) is 0 Å². The highest BCUT2D eigenvalue weighted by atomic mass is 32.1. The molecule has 2 N–H and O–H groups in total. The highest BCUT2D eigenvalue weighted by Gasteiger charge is 2.07. The lowest BCUT2D eigenvalue weighted by Gasteiger charge is -2.09. The van der Waals surface area contributed by atoms with E-state index in [0.717, 1.165) is 21.8 Å². The van der Waals surface area contributed by atoms with Crippen molar-refractivity contribution in [1.29, 1.82) is 0 Å². The van der Waals surface area contributed by atoms with Gasteiger partial charge in [-0.1, -0.05) is 6.07 Å². The van der Waals surface area contributed by atoms with Crippen molar-refractivity contribution >= 4 is 23.0 Å². The number of aromatic nitrogens is 1. The number of nitrogens with zero attached hydrogens (tertiary/aromatic N) is 1. The van der Waals surface area contributed by atoms with E-state index in [1.54, 1.807) is 23.5 Å². The summed E-state index contributed by atoms with van der Waals surface area (Å²) < 4.78 is 0. The lowest BCUT2D eigenvalue weighted by atomic mass is 10.1. The summed E-state index contributed by atoms with van der Waals surface area (Å²) in [5.41, 5.74) is 5.00. The Hall–Kier alpha value is -1.88. The van der Waals surface area contributed by atoms with Crippen molar-refractivity contribution in [2.24, 2.45) is 0 Å². The number of thiazole rings is 1. The van der Waals surface area contributed by atoms with Gasteiger partial charge in [-0.2, -0.15) is 0 Å². The van der Waals surface area contributed by atoms with Gasteiger partial charge in [0.25, 0.3) is 0 Å². The van der Waals surface area contributed by atoms with Crippen molar-refractivity contribution in [2.45, 2.75) is 20.4 Å². The summed E-state index contributed by atoms with van der Waals surface area (Å²) in [5, 5.41) is 12.2. The molecule has 0 bridgehead atoms. The van der Waals surface area contributed by atoms with Crippen molar-refractivity contribution in [3.05, 3.63) is 45.4 Å². The van der Waals surface area contributed by atoms with Crippen LogP contribution >= 0.6 is 11.3 Å². The van der Waals surface area contributed by atoms with E-state index in [-0.39, 0.29) is 0 Å². The lowest BCUT2D eigenvalue weighted by Crippen LogP contribution is -2.03. The molecule has 1 heterocycles. The molecule has 0 fully saturated rings. The minimum atomic E-state index is -0.910. The number of rotatable bonds is 4. The van der Waals surface area contributed by atoms with Crippen molar-refractivity contribution in [3.63, 3.8) is 0 Å². The van der Waals surface area contributed by atoms with Crippen LogP contribution in [0.25, 0.3) is 0 Å². The molecule has 0 unspecified atom stereocenters. The number of nitrogens with one attached hydrogen (secondary N) is 1. The molecule has 2 rings (SSSR count). The minimum absolute atomic E-state index is 0.295. The van der Waals surface area contributed by atoms with Crippen molar-refractivity contribution < 1.29 is 9.90 Å². The summed E-state index contributed by atoms with van der Waals surface area (Å²) in [7, 11) is 0. The highest BCUT2D eigenvalue weighted by Crippen LogP contribution is 2.20. The Morgan fingerprint density at radius 2 is 2.22 bits per heavy atom. The molecular weight excluding hydrogens is 248 g/mol. The molecule has 0 aliphatic heterocycles. The van der Waals surface area contributed by atoms with Gasteiger partial charge in [0.1, 0.15) is 0 Å². The highest BCUT2D eigenvalue weighted by molar-refractivity contribution is 7.09. The van der Waals surface area contributed by atoms with Crippen molar-refractivity contribution in [1.82, 2.24) is 4.98 Å². The number of carbonyl (C=O) groups is 1. The van der Waals surface area contributed by atoms with Gasteiger partial charge in [0.2, 0.25) is 0 Å². The Labute approximate surface area is 109 Å². The summed E-state index contributed by atoms with van der Waals surface area (Å²) in [6.07, 6.45) is 0. The topological polar surface area (TPSA) is 62.2 Å². The van der Waals surface area contributed by atoms with Gasteiger partial charge in [-0.15, -0.1) is 11.3 Å². The third kappa shape index (κ3) is 2.68. The molecule has 0 atom stereocenters. The standard InChI is InChI=1S/C13H14N2O2S/c1-8-3-4-10(13(16)17)5-11(8)14-6-12-9(2)15-7-18-12/h3-5,7,14H,6H2,1-2H3,(H,16,17). The Kier molecular flexibility index (Phi) is 3.62. The average molecular weight is 262 g/mol. The predicted molar refractivity (Wildman–Crippen MR) is 72.3 cm³/mol. The second-order valence-electron chi connectivity index (χ2n) is 4.05. The van der Waals surface area contributed by atoms with Gasteiger partial charge >= 0.3 is 5.97 Å². The second-order valence-corrected chi connectivity index (χ2v) is 4.99. The van der Waals surface area contributed by atoms with Crippen LogP contribution in [0, 0.1) is 13.8 Å². The summed E-state index contributed by atoms with van der Waals surface area (Å²) in [4.78, 5) is 16.3. The van der Waals surface area contributed by atoms with Gasteiger partial charge in [-0.25, -0.2) is 9.78 Å². The van der Waals surface area contributed by atoms with E-state index >= 15 is 0 Å². The third-order valence-corrected chi connectivity index (χ3v) is 3.70. The van der Waals surface area contributed by atoms with Crippen LogP contribution in [-0.2, 0) is 6.54 Å². The first-order valence-electron chi connectivity index (χ1n) is 5.54. The zero-order valence-electron chi connectivity index (χ0n) is 10.2. The molecule has 0 aliphatic carbocycles. The zero-order valence-corrected chi connectivity index (χ0v) is 11.0. The first kappa shape index (κ1) is 12.6. The van der Waals surface area contributed by atoms with Crippen LogP contribution in [-0.4, -0.2) is 16.1 Å². The second kappa shape index (κ2) is 5.18. The number of carboxylic acid groups (broad SMARTS) is 1. The number of hydrogen-bond acceptors (Lipinski definition) is 4. The molecule has 0 saturated heterocycles. The first-order chi connectivity index (χ1) is 8.58. The van der Waals surface area contributed by atoms with Crippen LogP contribution < -0.4 is 5.32 Å². The fourth-order valence-corrected chi connectivity index (χ4v) is 2.33.